The van der Waals surface area contributed by atoms with Crippen molar-refractivity contribution in [2.24, 2.45) is 0 Å². The van der Waals surface area contributed by atoms with Crippen LogP contribution in [0.4, 0.5) is 0 Å². The van der Waals surface area contributed by atoms with E-state index in [1.54, 1.807) is 0 Å². The lowest BCUT2D eigenvalue weighted by molar-refractivity contribution is 0.00307. The first-order valence-corrected chi connectivity index (χ1v) is 7.24. The Kier molecular flexibility index (Phi) is 4.30. The van der Waals surface area contributed by atoms with E-state index in [-0.39, 0.29) is 6.10 Å². The minimum Gasteiger partial charge on any atom is -0.371 e. The normalized spacial score (nSPS) is 21.7. The van der Waals surface area contributed by atoms with Crippen LogP contribution in [0.1, 0.15) is 22.8 Å². The monoisotopic (exact) mass is 278 g/mol. The Balaban J connectivity index is 1.56. The van der Waals surface area contributed by atoms with Crippen LogP contribution in [0.15, 0.2) is 54.6 Å². The van der Waals surface area contributed by atoms with Crippen LogP contribution in [0.5, 0.6) is 0 Å². The molecule has 2 aromatic carbocycles. The average molecular weight is 278 g/mol. The molecule has 21 heavy (non-hydrogen) atoms. The third kappa shape index (κ3) is 3.49. The smallest absolute Gasteiger partial charge is 0.0991 e. The Hall–Kier alpha value is -2.15. The van der Waals surface area contributed by atoms with Crippen molar-refractivity contribution in [3.63, 3.8) is 0 Å². The molecule has 1 heterocycles. The standard InChI is InChI=1S/C18H18N2O/c19-11-15-6-8-16(9-7-15)18-12-20-17(13-21-18)10-14-4-2-1-3-5-14/h1-9,17-18,20H,10,12-13H2. The largest absolute Gasteiger partial charge is 0.371 e. The van der Waals surface area contributed by atoms with E-state index in [0.717, 1.165) is 18.5 Å². The molecule has 1 fully saturated rings. The van der Waals surface area contributed by atoms with Gasteiger partial charge in [0, 0.05) is 12.6 Å². The topological polar surface area (TPSA) is 45.0 Å². The van der Waals surface area contributed by atoms with Gasteiger partial charge in [-0.3, -0.25) is 0 Å². The maximum Gasteiger partial charge on any atom is 0.0991 e. The number of morpholine rings is 1. The molecule has 2 atom stereocenters. The molecule has 0 aliphatic carbocycles. The third-order valence-electron chi connectivity index (χ3n) is 3.83. The molecule has 0 amide bonds. The number of nitrogens with one attached hydrogen (secondary N) is 1. The minimum absolute atomic E-state index is 0.0739. The number of hydrogen-bond acceptors (Lipinski definition) is 3. The molecule has 1 saturated heterocycles. The summed E-state index contributed by atoms with van der Waals surface area (Å²) in [7, 11) is 0. The van der Waals surface area contributed by atoms with E-state index in [1.165, 1.54) is 5.56 Å². The van der Waals surface area contributed by atoms with Gasteiger partial charge in [-0.15, -0.1) is 0 Å². The molecular weight excluding hydrogens is 260 g/mol. The Labute approximate surface area is 125 Å². The highest BCUT2D eigenvalue weighted by Gasteiger charge is 2.22. The molecule has 1 N–H and O–H groups in total. The first-order chi connectivity index (χ1) is 10.3. The van der Waals surface area contributed by atoms with Gasteiger partial charge in [0.2, 0.25) is 0 Å². The predicted octanol–water partition coefficient (Wildman–Crippen LogP) is 2.83. The Morgan fingerprint density at radius 2 is 1.86 bits per heavy atom. The van der Waals surface area contributed by atoms with Crippen LogP contribution in [0.2, 0.25) is 0 Å². The van der Waals surface area contributed by atoms with Crippen molar-refractivity contribution >= 4 is 0 Å². The lowest BCUT2D eigenvalue weighted by Gasteiger charge is -2.30. The van der Waals surface area contributed by atoms with E-state index in [0.29, 0.717) is 18.2 Å². The summed E-state index contributed by atoms with van der Waals surface area (Å²) in [4.78, 5) is 0. The fourth-order valence-corrected chi connectivity index (χ4v) is 2.64. The summed E-state index contributed by atoms with van der Waals surface area (Å²) in [6.45, 7) is 1.52. The van der Waals surface area contributed by atoms with E-state index in [9.17, 15) is 0 Å². The van der Waals surface area contributed by atoms with Crippen LogP contribution in [0.25, 0.3) is 0 Å². The number of hydrogen-bond donors (Lipinski definition) is 1. The van der Waals surface area contributed by atoms with E-state index >= 15 is 0 Å². The lowest BCUT2D eigenvalue weighted by Crippen LogP contribution is -2.44. The zero-order chi connectivity index (χ0) is 14.5. The van der Waals surface area contributed by atoms with Gasteiger partial charge in [-0.1, -0.05) is 42.5 Å². The van der Waals surface area contributed by atoms with Crippen molar-refractivity contribution in [1.29, 1.82) is 5.26 Å². The first-order valence-electron chi connectivity index (χ1n) is 7.24. The molecule has 2 unspecified atom stereocenters. The molecule has 2 aromatic rings. The average Bonchev–Trinajstić information content (AvgIpc) is 2.57. The molecule has 0 spiro atoms. The molecule has 0 bridgehead atoms. The first kappa shape index (κ1) is 13.8. The lowest BCUT2D eigenvalue weighted by atomic mass is 10.0. The van der Waals surface area contributed by atoms with Crippen LogP contribution in [0.3, 0.4) is 0 Å². The zero-order valence-electron chi connectivity index (χ0n) is 11.8. The van der Waals surface area contributed by atoms with Crippen LogP contribution in [0, 0.1) is 11.3 Å². The summed E-state index contributed by atoms with van der Waals surface area (Å²) >= 11 is 0. The van der Waals surface area contributed by atoms with E-state index in [4.69, 9.17) is 10.00 Å². The summed E-state index contributed by atoms with van der Waals surface area (Å²) in [6.07, 6.45) is 1.06. The molecule has 0 radical (unpaired) electrons. The maximum atomic E-state index is 8.82. The van der Waals surface area contributed by atoms with Crippen molar-refractivity contribution in [3.8, 4) is 6.07 Å². The summed E-state index contributed by atoms with van der Waals surface area (Å²) < 4.78 is 5.98. The molecule has 3 rings (SSSR count). The van der Waals surface area contributed by atoms with Crippen LogP contribution in [-0.2, 0) is 11.2 Å². The highest BCUT2D eigenvalue weighted by Crippen LogP contribution is 2.21. The SMILES string of the molecule is N#Cc1ccc(C2CNC(Cc3ccccc3)CO2)cc1. The van der Waals surface area contributed by atoms with Gasteiger partial charge in [0.1, 0.15) is 0 Å². The number of nitriles is 1. The molecule has 3 nitrogen and oxygen atoms in total. The molecule has 0 saturated carbocycles. The minimum atomic E-state index is 0.0739. The van der Waals surface area contributed by atoms with E-state index in [2.05, 4.69) is 35.7 Å². The number of benzene rings is 2. The quantitative estimate of drug-likeness (QED) is 0.939. The fraction of sp³-hybridized carbons (Fsp3) is 0.278. The molecular formula is C18H18N2O. The number of ether oxygens (including phenoxy) is 1. The molecule has 0 aromatic heterocycles. The van der Waals surface area contributed by atoms with Crippen molar-refractivity contribution < 1.29 is 4.74 Å². The number of rotatable bonds is 3. The summed E-state index contributed by atoms with van der Waals surface area (Å²) in [5.74, 6) is 0. The highest BCUT2D eigenvalue weighted by atomic mass is 16.5. The third-order valence-corrected chi connectivity index (χ3v) is 3.83. The second-order valence-corrected chi connectivity index (χ2v) is 5.35. The van der Waals surface area contributed by atoms with E-state index < -0.39 is 0 Å². The number of nitrogens with zero attached hydrogens (tertiary/aromatic N) is 1. The molecule has 1 aliphatic heterocycles. The van der Waals surface area contributed by atoms with Crippen molar-refractivity contribution in [1.82, 2.24) is 5.32 Å². The van der Waals surface area contributed by atoms with Crippen LogP contribution in [-0.4, -0.2) is 19.2 Å². The van der Waals surface area contributed by atoms with Crippen LogP contribution < -0.4 is 5.32 Å². The maximum absolute atomic E-state index is 8.82. The summed E-state index contributed by atoms with van der Waals surface area (Å²) in [5.41, 5.74) is 3.14. The van der Waals surface area contributed by atoms with Crippen molar-refractivity contribution in [3.05, 3.63) is 71.3 Å². The molecule has 3 heteroatoms. The van der Waals surface area contributed by atoms with Gasteiger partial charge in [-0.25, -0.2) is 0 Å². The van der Waals surface area contributed by atoms with Gasteiger partial charge < -0.3 is 10.1 Å². The molecule has 1 aliphatic rings. The Morgan fingerprint density at radius 3 is 2.48 bits per heavy atom. The van der Waals surface area contributed by atoms with Gasteiger partial charge in [-0.2, -0.15) is 5.26 Å². The van der Waals surface area contributed by atoms with Gasteiger partial charge in [0.25, 0.3) is 0 Å². The predicted molar refractivity (Wildman–Crippen MR) is 81.8 cm³/mol. The Morgan fingerprint density at radius 1 is 1.10 bits per heavy atom. The van der Waals surface area contributed by atoms with Crippen molar-refractivity contribution in [2.75, 3.05) is 13.2 Å². The van der Waals surface area contributed by atoms with Crippen molar-refractivity contribution in [2.45, 2.75) is 18.6 Å². The summed E-state index contributed by atoms with van der Waals surface area (Å²) in [5, 5.41) is 12.4. The van der Waals surface area contributed by atoms with Gasteiger partial charge in [0.05, 0.1) is 24.3 Å². The fourth-order valence-electron chi connectivity index (χ4n) is 2.64. The zero-order valence-corrected chi connectivity index (χ0v) is 11.8. The van der Waals surface area contributed by atoms with Gasteiger partial charge in [-0.05, 0) is 29.7 Å². The van der Waals surface area contributed by atoms with Crippen LogP contribution >= 0.6 is 0 Å². The van der Waals surface area contributed by atoms with Gasteiger partial charge in [0.15, 0.2) is 0 Å². The second-order valence-electron chi connectivity index (χ2n) is 5.35. The second kappa shape index (κ2) is 6.53. The van der Waals surface area contributed by atoms with Gasteiger partial charge >= 0.3 is 0 Å². The summed E-state index contributed by atoms with van der Waals surface area (Å²) in [6, 6.07) is 20.6. The Bertz CT molecular complexity index is 608. The van der Waals surface area contributed by atoms with E-state index in [1.807, 2.05) is 30.3 Å². The highest BCUT2D eigenvalue weighted by molar-refractivity contribution is 5.32. The molecule has 106 valence electrons.